The fourth-order valence-electron chi connectivity index (χ4n) is 3.62. The molecule has 5 rings (SSSR count). The largest absolute Gasteiger partial charge is 0.481 e. The summed E-state index contributed by atoms with van der Waals surface area (Å²) in [5, 5.41) is 23.6. The maximum Gasteiger partial charge on any atom is 0.312 e. The molecular weight excluding hydrogens is 496 g/mol. The Morgan fingerprint density at radius 3 is 2.36 bits per heavy atom. The average molecular weight is 517 g/mol. The summed E-state index contributed by atoms with van der Waals surface area (Å²) in [5.41, 5.74) is 3.11. The van der Waals surface area contributed by atoms with Crippen molar-refractivity contribution >= 4 is 39.5 Å². The van der Waals surface area contributed by atoms with Crippen molar-refractivity contribution in [3.8, 4) is 27.6 Å². The SMILES string of the molecule is Cc1sc(N=Nc2c(-c3ccccc3)[nH]n(-c3nc(-c4ccccc4)cs3)c2=O)nc1C(C)C(=O)O. The van der Waals surface area contributed by atoms with Crippen molar-refractivity contribution in [2.24, 2.45) is 10.2 Å². The van der Waals surface area contributed by atoms with Gasteiger partial charge in [0.2, 0.25) is 10.3 Å². The molecule has 11 heteroatoms. The lowest BCUT2D eigenvalue weighted by Crippen LogP contribution is -2.13. The highest BCUT2D eigenvalue weighted by atomic mass is 32.1. The molecule has 0 aliphatic carbocycles. The van der Waals surface area contributed by atoms with Gasteiger partial charge in [0, 0.05) is 21.4 Å². The number of aromatic nitrogens is 4. The maximum atomic E-state index is 13.5. The van der Waals surface area contributed by atoms with Crippen LogP contribution in [-0.2, 0) is 4.79 Å². The van der Waals surface area contributed by atoms with E-state index in [0.717, 1.165) is 21.7 Å². The number of aromatic amines is 1. The Morgan fingerprint density at radius 2 is 1.69 bits per heavy atom. The zero-order valence-corrected chi connectivity index (χ0v) is 20.9. The number of aryl methyl sites for hydroxylation is 1. The van der Waals surface area contributed by atoms with Gasteiger partial charge in [-0.1, -0.05) is 72.0 Å². The minimum atomic E-state index is -0.968. The van der Waals surface area contributed by atoms with Crippen LogP contribution >= 0.6 is 22.7 Å². The van der Waals surface area contributed by atoms with Crippen LogP contribution in [0.5, 0.6) is 0 Å². The first-order chi connectivity index (χ1) is 17.4. The van der Waals surface area contributed by atoms with Crippen LogP contribution in [0.4, 0.5) is 10.8 Å². The first-order valence-electron chi connectivity index (χ1n) is 11.0. The number of H-pyrrole nitrogens is 1. The Morgan fingerprint density at radius 1 is 1.03 bits per heavy atom. The van der Waals surface area contributed by atoms with E-state index < -0.39 is 17.4 Å². The molecule has 0 saturated carbocycles. The molecule has 2 N–H and O–H groups in total. The van der Waals surface area contributed by atoms with Gasteiger partial charge in [-0.3, -0.25) is 14.7 Å². The van der Waals surface area contributed by atoms with Crippen LogP contribution < -0.4 is 5.56 Å². The molecule has 1 unspecified atom stereocenters. The number of carboxylic acids is 1. The summed E-state index contributed by atoms with van der Waals surface area (Å²) in [7, 11) is 0. The van der Waals surface area contributed by atoms with Gasteiger partial charge >= 0.3 is 11.5 Å². The van der Waals surface area contributed by atoms with Gasteiger partial charge in [-0.15, -0.1) is 21.6 Å². The summed E-state index contributed by atoms with van der Waals surface area (Å²) < 4.78 is 1.36. The standard InChI is InChI=1S/C25H20N6O3S2/c1-14(23(33)34)19-15(2)36-24(27-19)29-28-21-20(17-11-7-4-8-12-17)30-31(22(21)32)25-26-18(13-35-25)16-9-5-3-6-10-16/h3-14,30H,1-2H3,(H,33,34). The molecular formula is C25H20N6O3S2. The summed E-state index contributed by atoms with van der Waals surface area (Å²) in [6.07, 6.45) is 0. The Balaban J connectivity index is 1.57. The highest BCUT2D eigenvalue weighted by Gasteiger charge is 2.22. The van der Waals surface area contributed by atoms with Crippen LogP contribution in [0.15, 0.2) is 81.1 Å². The Kier molecular flexibility index (Phi) is 6.40. The normalized spacial score (nSPS) is 12.3. The average Bonchev–Trinajstić information content (AvgIpc) is 3.60. The smallest absolute Gasteiger partial charge is 0.312 e. The number of nitrogens with one attached hydrogen (secondary N) is 1. The molecule has 9 nitrogen and oxygen atoms in total. The van der Waals surface area contributed by atoms with Crippen molar-refractivity contribution in [3.63, 3.8) is 0 Å². The van der Waals surface area contributed by atoms with Crippen molar-refractivity contribution in [1.29, 1.82) is 0 Å². The van der Waals surface area contributed by atoms with E-state index in [2.05, 4.69) is 25.3 Å². The van der Waals surface area contributed by atoms with Crippen molar-refractivity contribution in [2.75, 3.05) is 0 Å². The number of carbonyl (C=O) groups is 1. The second-order valence-corrected chi connectivity index (χ2v) is 9.94. The van der Waals surface area contributed by atoms with Crippen molar-refractivity contribution in [2.45, 2.75) is 19.8 Å². The number of carboxylic acid groups (broad SMARTS) is 1. The molecule has 3 heterocycles. The second kappa shape index (κ2) is 9.80. The first-order valence-corrected chi connectivity index (χ1v) is 12.7. The fraction of sp³-hybridized carbons (Fsp3) is 0.120. The lowest BCUT2D eigenvalue weighted by Gasteiger charge is -2.01. The lowest BCUT2D eigenvalue weighted by molar-refractivity contribution is -0.138. The summed E-state index contributed by atoms with van der Waals surface area (Å²) in [6.45, 7) is 3.36. The highest BCUT2D eigenvalue weighted by Crippen LogP contribution is 2.33. The van der Waals surface area contributed by atoms with Gasteiger partial charge in [-0.2, -0.15) is 4.68 Å². The minimum absolute atomic E-state index is 0.110. The second-order valence-electron chi connectivity index (χ2n) is 7.92. The fourth-order valence-corrected chi connectivity index (χ4v) is 5.24. The third-order valence-corrected chi connectivity index (χ3v) is 7.22. The van der Waals surface area contributed by atoms with Gasteiger partial charge in [-0.05, 0) is 13.8 Å². The number of benzene rings is 2. The van der Waals surface area contributed by atoms with E-state index in [0.29, 0.717) is 16.5 Å². The van der Waals surface area contributed by atoms with E-state index in [-0.39, 0.29) is 10.8 Å². The third kappa shape index (κ3) is 4.53. The molecule has 1 atom stereocenters. The zero-order valence-electron chi connectivity index (χ0n) is 19.2. The summed E-state index contributed by atoms with van der Waals surface area (Å²) in [5.74, 6) is -1.73. The maximum absolute atomic E-state index is 13.5. The summed E-state index contributed by atoms with van der Waals surface area (Å²) in [4.78, 5) is 34.5. The number of thiazole rings is 2. The van der Waals surface area contributed by atoms with Crippen LogP contribution in [0, 0.1) is 6.92 Å². The molecule has 2 aromatic carbocycles. The molecule has 0 aliphatic rings. The van der Waals surface area contributed by atoms with E-state index in [1.54, 1.807) is 13.8 Å². The van der Waals surface area contributed by atoms with E-state index in [4.69, 9.17) is 0 Å². The third-order valence-electron chi connectivity index (χ3n) is 5.52. The van der Waals surface area contributed by atoms with Gasteiger partial charge in [-0.25, -0.2) is 9.97 Å². The molecule has 180 valence electrons. The van der Waals surface area contributed by atoms with E-state index in [9.17, 15) is 14.7 Å². The van der Waals surface area contributed by atoms with Crippen LogP contribution in [0.3, 0.4) is 0 Å². The zero-order chi connectivity index (χ0) is 25.2. The van der Waals surface area contributed by atoms with Crippen molar-refractivity contribution < 1.29 is 9.90 Å². The Bertz CT molecular complexity index is 1620. The highest BCUT2D eigenvalue weighted by molar-refractivity contribution is 7.15. The summed E-state index contributed by atoms with van der Waals surface area (Å²) in [6, 6.07) is 19.1. The van der Waals surface area contributed by atoms with Crippen molar-refractivity contribution in [1.82, 2.24) is 19.7 Å². The summed E-state index contributed by atoms with van der Waals surface area (Å²) >= 11 is 2.56. The quantitative estimate of drug-likeness (QED) is 0.245. The van der Waals surface area contributed by atoms with Gasteiger partial charge in [0.15, 0.2) is 5.69 Å². The number of hydrogen-bond acceptors (Lipinski definition) is 8. The van der Waals surface area contributed by atoms with Crippen LogP contribution in [0.1, 0.15) is 23.4 Å². The molecule has 5 aromatic rings. The molecule has 0 fully saturated rings. The molecule has 0 saturated heterocycles. The van der Waals surface area contributed by atoms with Gasteiger partial charge in [0.25, 0.3) is 0 Å². The first kappa shape index (κ1) is 23.5. The predicted octanol–water partition coefficient (Wildman–Crippen LogP) is 6.32. The molecule has 0 spiro atoms. The molecule has 0 aliphatic heterocycles. The number of aliphatic carboxylic acids is 1. The molecule has 0 bridgehead atoms. The van der Waals surface area contributed by atoms with Crippen LogP contribution in [0.25, 0.3) is 27.6 Å². The number of nitrogens with zero attached hydrogens (tertiary/aromatic N) is 5. The number of azo groups is 1. The van der Waals surface area contributed by atoms with E-state index >= 15 is 0 Å². The van der Waals surface area contributed by atoms with Gasteiger partial charge < -0.3 is 5.11 Å². The number of rotatable bonds is 7. The molecule has 0 radical (unpaired) electrons. The van der Waals surface area contributed by atoms with E-state index in [1.165, 1.54) is 27.4 Å². The van der Waals surface area contributed by atoms with Crippen LogP contribution in [0.2, 0.25) is 0 Å². The van der Waals surface area contributed by atoms with Crippen LogP contribution in [-0.4, -0.2) is 30.8 Å². The van der Waals surface area contributed by atoms with Gasteiger partial charge in [0.1, 0.15) is 0 Å². The molecule has 3 aromatic heterocycles. The number of hydrogen-bond donors (Lipinski definition) is 2. The Labute approximate surface area is 213 Å². The van der Waals surface area contributed by atoms with E-state index in [1.807, 2.05) is 66.0 Å². The molecule has 36 heavy (non-hydrogen) atoms. The lowest BCUT2D eigenvalue weighted by atomic mass is 10.1. The topological polar surface area (TPSA) is 126 Å². The minimum Gasteiger partial charge on any atom is -0.481 e. The monoisotopic (exact) mass is 516 g/mol. The predicted molar refractivity (Wildman–Crippen MR) is 140 cm³/mol. The molecule has 0 amide bonds. The van der Waals surface area contributed by atoms with Crippen molar-refractivity contribution in [3.05, 3.63) is 87.0 Å². The van der Waals surface area contributed by atoms with Gasteiger partial charge in [0.05, 0.1) is 23.0 Å². The Hall–Kier alpha value is -4.22.